The van der Waals surface area contributed by atoms with Crippen LogP contribution in [-0.2, 0) is 16.5 Å². The fourth-order valence-corrected chi connectivity index (χ4v) is 0.953. The van der Waals surface area contributed by atoms with E-state index in [9.17, 15) is 4.21 Å². The van der Waals surface area contributed by atoms with E-state index in [1.54, 1.807) is 0 Å². The van der Waals surface area contributed by atoms with Crippen LogP contribution in [0.3, 0.4) is 0 Å². The fourth-order valence-electron chi connectivity index (χ4n) is 0.660. The zero-order valence-corrected chi connectivity index (χ0v) is 7.97. The van der Waals surface area contributed by atoms with Crippen molar-refractivity contribution < 1.29 is 8.76 Å². The summed E-state index contributed by atoms with van der Waals surface area (Å²) in [5.74, 6) is 0.611. The van der Waals surface area contributed by atoms with Crippen LogP contribution in [0.4, 0.5) is 0 Å². The van der Waals surface area contributed by atoms with Gasteiger partial charge in [0, 0.05) is 5.41 Å². The predicted molar refractivity (Wildman–Crippen MR) is 44.1 cm³/mol. The van der Waals surface area contributed by atoms with Gasteiger partial charge in [-0.3, -0.25) is 9.65 Å². The molecule has 0 amide bonds. The topological polar surface area (TPSA) is 78.9 Å². The van der Waals surface area contributed by atoms with Crippen LogP contribution in [0.15, 0.2) is 5.16 Å². The van der Waals surface area contributed by atoms with Gasteiger partial charge in [0.1, 0.15) is 5.82 Å². The third-order valence-electron chi connectivity index (χ3n) is 1.33. The molecule has 0 bridgehead atoms. The molecule has 5 nitrogen and oxygen atoms in total. The first kappa shape index (κ1) is 9.34. The van der Waals surface area contributed by atoms with Crippen molar-refractivity contribution in [2.45, 2.75) is 31.3 Å². The molecule has 1 rings (SSSR count). The number of rotatable bonds is 1. The van der Waals surface area contributed by atoms with E-state index in [1.165, 1.54) is 0 Å². The summed E-state index contributed by atoms with van der Waals surface area (Å²) in [7, 11) is 0. The van der Waals surface area contributed by atoms with Crippen molar-refractivity contribution in [3.8, 4) is 0 Å². The summed E-state index contributed by atoms with van der Waals surface area (Å²) in [6.07, 6.45) is 0. The second kappa shape index (κ2) is 2.95. The molecule has 0 saturated carbocycles. The summed E-state index contributed by atoms with van der Waals surface area (Å²) in [6.45, 7) is 5.83. The standard InChI is InChI=1S/C6H11N3O2S/c1-6(2,3)4-7-5(9-8-4)12(10)11/h1-3H3,(H,10,11)(H,7,8,9). The van der Waals surface area contributed by atoms with E-state index in [2.05, 4.69) is 15.2 Å². The average molecular weight is 189 g/mol. The highest BCUT2D eigenvalue weighted by molar-refractivity contribution is 7.79. The Bertz CT molecular complexity index is 302. The maximum absolute atomic E-state index is 10.5. The molecular weight excluding hydrogens is 178 g/mol. The van der Waals surface area contributed by atoms with Crippen molar-refractivity contribution in [2.24, 2.45) is 0 Å². The molecule has 0 aliphatic heterocycles. The van der Waals surface area contributed by atoms with Crippen LogP contribution >= 0.6 is 0 Å². The monoisotopic (exact) mass is 189 g/mol. The normalized spacial score (nSPS) is 14.7. The lowest BCUT2D eigenvalue weighted by Crippen LogP contribution is -2.13. The van der Waals surface area contributed by atoms with Crippen LogP contribution in [0.5, 0.6) is 0 Å². The van der Waals surface area contributed by atoms with E-state index in [4.69, 9.17) is 4.55 Å². The third-order valence-corrected chi connectivity index (χ3v) is 1.83. The molecule has 0 radical (unpaired) electrons. The smallest absolute Gasteiger partial charge is 0.266 e. The number of H-pyrrole nitrogens is 1. The second-order valence-electron chi connectivity index (χ2n) is 3.47. The van der Waals surface area contributed by atoms with Crippen LogP contribution in [0, 0.1) is 0 Å². The molecule has 0 spiro atoms. The molecule has 0 aliphatic rings. The van der Waals surface area contributed by atoms with Gasteiger partial charge in [-0.1, -0.05) is 20.8 Å². The summed E-state index contributed by atoms with van der Waals surface area (Å²) in [5, 5.41) is 6.14. The zero-order valence-electron chi connectivity index (χ0n) is 7.16. The number of nitrogens with zero attached hydrogens (tertiary/aromatic N) is 2. The molecule has 6 heteroatoms. The van der Waals surface area contributed by atoms with E-state index in [0.717, 1.165) is 0 Å². The van der Waals surface area contributed by atoms with Gasteiger partial charge in [-0.25, -0.2) is 9.19 Å². The molecule has 2 N–H and O–H groups in total. The summed E-state index contributed by atoms with van der Waals surface area (Å²) in [5.41, 5.74) is -0.176. The predicted octanol–water partition coefficient (Wildman–Crippen LogP) is 0.683. The Labute approximate surface area is 72.9 Å². The van der Waals surface area contributed by atoms with E-state index in [0.29, 0.717) is 5.82 Å². The van der Waals surface area contributed by atoms with Gasteiger partial charge in [0.05, 0.1) is 0 Å². The van der Waals surface area contributed by atoms with Crippen LogP contribution < -0.4 is 0 Å². The van der Waals surface area contributed by atoms with E-state index < -0.39 is 11.1 Å². The van der Waals surface area contributed by atoms with Gasteiger partial charge in [0.25, 0.3) is 5.16 Å². The Kier molecular flexibility index (Phi) is 2.29. The fraction of sp³-hybridized carbons (Fsp3) is 0.667. The van der Waals surface area contributed by atoms with Crippen molar-refractivity contribution >= 4 is 11.1 Å². The molecule has 0 aromatic carbocycles. The number of hydrogen-bond donors (Lipinski definition) is 2. The van der Waals surface area contributed by atoms with E-state index in [-0.39, 0.29) is 10.6 Å². The van der Waals surface area contributed by atoms with E-state index >= 15 is 0 Å². The van der Waals surface area contributed by atoms with Crippen LogP contribution in [-0.4, -0.2) is 23.9 Å². The Morgan fingerprint density at radius 1 is 1.50 bits per heavy atom. The minimum absolute atomic E-state index is 0.0695. The highest BCUT2D eigenvalue weighted by atomic mass is 32.2. The average Bonchev–Trinajstić information content (AvgIpc) is 2.30. The first-order valence-corrected chi connectivity index (χ1v) is 4.55. The summed E-state index contributed by atoms with van der Waals surface area (Å²) >= 11 is -2.10. The largest absolute Gasteiger partial charge is 0.300 e. The highest BCUT2D eigenvalue weighted by Gasteiger charge is 2.19. The van der Waals surface area contributed by atoms with Crippen molar-refractivity contribution in [1.82, 2.24) is 15.2 Å². The van der Waals surface area contributed by atoms with Crippen molar-refractivity contribution in [3.63, 3.8) is 0 Å². The quantitative estimate of drug-likeness (QED) is 0.637. The molecule has 12 heavy (non-hydrogen) atoms. The second-order valence-corrected chi connectivity index (χ2v) is 4.33. The SMILES string of the molecule is CC(C)(C)c1nc(S(=O)O)n[nH]1. The van der Waals surface area contributed by atoms with Crippen molar-refractivity contribution in [2.75, 3.05) is 0 Å². The summed E-state index contributed by atoms with van der Waals surface area (Å²) < 4.78 is 19.1. The van der Waals surface area contributed by atoms with Gasteiger partial charge >= 0.3 is 0 Å². The maximum Gasteiger partial charge on any atom is 0.266 e. The molecule has 0 saturated heterocycles. The van der Waals surface area contributed by atoms with Crippen molar-refractivity contribution in [1.29, 1.82) is 0 Å². The van der Waals surface area contributed by atoms with Crippen molar-refractivity contribution in [3.05, 3.63) is 5.82 Å². The first-order valence-electron chi connectivity index (χ1n) is 3.45. The van der Waals surface area contributed by atoms with Gasteiger partial charge in [-0.15, -0.1) is 5.10 Å². The maximum atomic E-state index is 10.5. The van der Waals surface area contributed by atoms with Gasteiger partial charge < -0.3 is 0 Å². The zero-order chi connectivity index (χ0) is 9.35. The van der Waals surface area contributed by atoms with Gasteiger partial charge in [-0.05, 0) is 0 Å². The molecule has 0 aliphatic carbocycles. The molecule has 1 atom stereocenters. The van der Waals surface area contributed by atoms with Crippen LogP contribution in [0.25, 0.3) is 0 Å². The summed E-state index contributed by atoms with van der Waals surface area (Å²) in [6, 6.07) is 0. The lowest BCUT2D eigenvalue weighted by atomic mass is 9.96. The van der Waals surface area contributed by atoms with E-state index in [1.807, 2.05) is 20.8 Å². The van der Waals surface area contributed by atoms with Gasteiger partial charge in [0.15, 0.2) is 0 Å². The highest BCUT2D eigenvalue weighted by Crippen LogP contribution is 2.17. The number of aromatic amines is 1. The molecule has 1 aromatic heterocycles. The number of nitrogens with one attached hydrogen (secondary N) is 1. The Morgan fingerprint density at radius 2 is 2.08 bits per heavy atom. The molecule has 1 unspecified atom stereocenters. The summed E-state index contributed by atoms with van der Waals surface area (Å²) in [4.78, 5) is 3.86. The van der Waals surface area contributed by atoms with Crippen LogP contribution in [0.2, 0.25) is 0 Å². The number of aromatic nitrogens is 3. The molecular formula is C6H11N3O2S. The molecule has 1 heterocycles. The number of hydrogen-bond acceptors (Lipinski definition) is 3. The lowest BCUT2D eigenvalue weighted by molar-refractivity contribution is 0.543. The first-order chi connectivity index (χ1) is 5.41. The lowest BCUT2D eigenvalue weighted by Gasteiger charge is -2.12. The van der Waals surface area contributed by atoms with Crippen LogP contribution in [0.1, 0.15) is 26.6 Å². The Morgan fingerprint density at radius 3 is 2.33 bits per heavy atom. The Balaban J connectivity index is 3.00. The Hall–Kier alpha value is -0.750. The minimum atomic E-state index is -2.10. The third kappa shape index (κ3) is 1.89. The molecule has 0 fully saturated rings. The molecule has 68 valence electrons. The minimum Gasteiger partial charge on any atom is -0.300 e. The van der Waals surface area contributed by atoms with Gasteiger partial charge in [0.2, 0.25) is 11.1 Å². The molecule has 1 aromatic rings. The van der Waals surface area contributed by atoms with Gasteiger partial charge in [-0.2, -0.15) is 0 Å².